The first kappa shape index (κ1) is 22.2. The van der Waals surface area contributed by atoms with Crippen LogP contribution in [0.15, 0.2) is 64.6 Å². The van der Waals surface area contributed by atoms with Crippen molar-refractivity contribution in [1.82, 2.24) is 4.90 Å². The van der Waals surface area contributed by atoms with Crippen LogP contribution in [0.4, 0.5) is 0 Å². The summed E-state index contributed by atoms with van der Waals surface area (Å²) in [5, 5.41) is 11.0. The number of amidine groups is 2. The number of nitrogens with one attached hydrogen (secondary N) is 1. The van der Waals surface area contributed by atoms with E-state index in [1.54, 1.807) is 40.8 Å². The molecule has 4 rings (SSSR count). The van der Waals surface area contributed by atoms with Crippen molar-refractivity contribution in [2.75, 3.05) is 13.2 Å². The predicted octanol–water partition coefficient (Wildman–Crippen LogP) is 5.70. The highest BCUT2D eigenvalue weighted by atomic mass is 35.5. The molecule has 0 unspecified atom stereocenters. The Kier molecular flexibility index (Phi) is 6.67. The van der Waals surface area contributed by atoms with Crippen molar-refractivity contribution in [3.8, 4) is 11.5 Å². The third kappa shape index (κ3) is 4.74. The monoisotopic (exact) mass is 467 g/mol. The standard InChI is InChI=1S/C24H22ClN3O3S/c1-15(2)17-5-3-4-6-20(17)30-10-11-31-21-8-7-16(14-19(21)25)13-18-22(26)28-9-12-32-24(28)27-23(18)29/h3-9,12-15,26H,10-11H2,1-2H3/b18-13-,26-22?. The number of fused-ring (bicyclic) bond motifs is 1. The van der Waals surface area contributed by atoms with Crippen molar-refractivity contribution >= 4 is 46.3 Å². The molecule has 0 radical (unpaired) electrons. The number of para-hydroxylation sites is 1. The van der Waals surface area contributed by atoms with Gasteiger partial charge in [-0.15, -0.1) is 0 Å². The molecule has 164 valence electrons. The van der Waals surface area contributed by atoms with Crippen LogP contribution in [0.25, 0.3) is 6.08 Å². The number of ether oxygens (including phenoxy) is 2. The van der Waals surface area contributed by atoms with E-state index in [0.717, 1.165) is 11.3 Å². The van der Waals surface area contributed by atoms with Crippen LogP contribution < -0.4 is 9.47 Å². The minimum absolute atomic E-state index is 0.0940. The zero-order valence-electron chi connectivity index (χ0n) is 17.7. The van der Waals surface area contributed by atoms with Gasteiger partial charge < -0.3 is 9.47 Å². The molecule has 2 aliphatic heterocycles. The highest BCUT2D eigenvalue weighted by Gasteiger charge is 2.31. The number of hydrogen-bond donors (Lipinski definition) is 1. The Morgan fingerprint density at radius 3 is 2.66 bits per heavy atom. The van der Waals surface area contributed by atoms with Gasteiger partial charge in [0, 0.05) is 6.20 Å². The van der Waals surface area contributed by atoms with E-state index in [2.05, 4.69) is 24.9 Å². The Morgan fingerprint density at radius 1 is 1.16 bits per heavy atom. The van der Waals surface area contributed by atoms with Gasteiger partial charge in [0.25, 0.3) is 5.91 Å². The van der Waals surface area contributed by atoms with Crippen molar-refractivity contribution in [2.45, 2.75) is 19.8 Å². The molecule has 2 aromatic carbocycles. The molecule has 0 saturated carbocycles. The fraction of sp³-hybridized carbons (Fsp3) is 0.208. The van der Waals surface area contributed by atoms with Gasteiger partial charge in [-0.1, -0.05) is 61.5 Å². The van der Waals surface area contributed by atoms with Crippen molar-refractivity contribution in [1.29, 1.82) is 5.41 Å². The highest BCUT2D eigenvalue weighted by molar-refractivity contribution is 8.16. The SMILES string of the molecule is CC(C)c1ccccc1OCCOc1ccc(/C=C2/C(=N)N3C=CSC3=NC2=O)cc1Cl. The van der Waals surface area contributed by atoms with Gasteiger partial charge in [0.15, 0.2) is 5.17 Å². The summed E-state index contributed by atoms with van der Waals surface area (Å²) >= 11 is 7.70. The summed E-state index contributed by atoms with van der Waals surface area (Å²) in [7, 11) is 0. The number of aliphatic imine (C=N–C) groups is 1. The number of carbonyl (C=O) groups excluding carboxylic acids is 1. The normalized spacial score (nSPS) is 16.6. The summed E-state index contributed by atoms with van der Waals surface area (Å²) in [6.07, 6.45) is 3.33. The molecule has 0 fully saturated rings. The maximum Gasteiger partial charge on any atom is 0.283 e. The number of rotatable bonds is 7. The molecule has 0 atom stereocenters. The van der Waals surface area contributed by atoms with Crippen molar-refractivity contribution < 1.29 is 14.3 Å². The topological polar surface area (TPSA) is 75.0 Å². The summed E-state index contributed by atoms with van der Waals surface area (Å²) in [6.45, 7) is 4.98. The summed E-state index contributed by atoms with van der Waals surface area (Å²) in [5.74, 6) is 1.41. The quantitative estimate of drug-likeness (QED) is 0.417. The van der Waals surface area contributed by atoms with E-state index in [-0.39, 0.29) is 11.4 Å². The minimum atomic E-state index is -0.437. The number of halogens is 1. The Bertz CT molecular complexity index is 1160. The maximum atomic E-state index is 12.3. The number of benzene rings is 2. The van der Waals surface area contributed by atoms with Gasteiger partial charge in [-0.05, 0) is 46.7 Å². The molecule has 2 aromatic rings. The number of carbonyl (C=O) groups is 1. The molecule has 1 amide bonds. The molecule has 0 spiro atoms. The summed E-state index contributed by atoms with van der Waals surface area (Å²) < 4.78 is 11.7. The Labute approximate surface area is 196 Å². The lowest BCUT2D eigenvalue weighted by molar-refractivity contribution is -0.114. The molecule has 2 aliphatic rings. The molecule has 2 heterocycles. The molecule has 0 bridgehead atoms. The van der Waals surface area contributed by atoms with Gasteiger partial charge in [-0.2, -0.15) is 4.99 Å². The van der Waals surface area contributed by atoms with E-state index >= 15 is 0 Å². The average Bonchev–Trinajstić information content (AvgIpc) is 3.24. The van der Waals surface area contributed by atoms with Crippen molar-refractivity contribution in [2.24, 2.45) is 4.99 Å². The predicted molar refractivity (Wildman–Crippen MR) is 130 cm³/mol. The third-order valence-electron chi connectivity index (χ3n) is 4.92. The van der Waals surface area contributed by atoms with E-state index in [1.807, 2.05) is 18.2 Å². The van der Waals surface area contributed by atoms with E-state index in [9.17, 15) is 4.79 Å². The zero-order chi connectivity index (χ0) is 22.7. The number of nitrogens with zero attached hydrogens (tertiary/aromatic N) is 2. The van der Waals surface area contributed by atoms with Crippen LogP contribution in [0.2, 0.25) is 5.02 Å². The molecule has 0 saturated heterocycles. The number of hydrogen-bond acceptors (Lipinski definition) is 5. The second kappa shape index (κ2) is 9.63. The minimum Gasteiger partial charge on any atom is -0.490 e. The van der Waals surface area contributed by atoms with Crippen LogP contribution in [-0.4, -0.2) is 35.0 Å². The van der Waals surface area contributed by atoms with E-state index in [4.69, 9.17) is 26.5 Å². The van der Waals surface area contributed by atoms with Gasteiger partial charge >= 0.3 is 0 Å². The third-order valence-corrected chi connectivity index (χ3v) is 5.97. The zero-order valence-corrected chi connectivity index (χ0v) is 19.2. The van der Waals surface area contributed by atoms with E-state index < -0.39 is 5.91 Å². The van der Waals surface area contributed by atoms with Gasteiger partial charge in [-0.25, -0.2) is 0 Å². The van der Waals surface area contributed by atoms with Crippen LogP contribution >= 0.6 is 23.4 Å². The van der Waals surface area contributed by atoms with Gasteiger partial charge in [-0.3, -0.25) is 15.1 Å². The fourth-order valence-corrected chi connectivity index (χ4v) is 4.26. The Morgan fingerprint density at radius 2 is 1.91 bits per heavy atom. The first-order valence-electron chi connectivity index (χ1n) is 10.1. The first-order chi connectivity index (χ1) is 15.4. The molecular formula is C24H22ClN3O3S. The lowest BCUT2D eigenvalue weighted by atomic mass is 10.0. The fourth-order valence-electron chi connectivity index (χ4n) is 3.31. The van der Waals surface area contributed by atoms with Crippen molar-refractivity contribution in [3.63, 3.8) is 0 Å². The summed E-state index contributed by atoms with van der Waals surface area (Å²) in [4.78, 5) is 17.9. The second-order valence-electron chi connectivity index (χ2n) is 7.46. The smallest absolute Gasteiger partial charge is 0.283 e. The van der Waals surface area contributed by atoms with E-state index in [1.165, 1.54) is 11.8 Å². The average molecular weight is 468 g/mol. The highest BCUT2D eigenvalue weighted by Crippen LogP contribution is 2.30. The van der Waals surface area contributed by atoms with Crippen LogP contribution in [-0.2, 0) is 4.79 Å². The largest absolute Gasteiger partial charge is 0.490 e. The van der Waals surface area contributed by atoms with Gasteiger partial charge in [0.05, 0.1) is 10.6 Å². The molecule has 1 N–H and O–H groups in total. The molecule has 0 aliphatic carbocycles. The molecule has 32 heavy (non-hydrogen) atoms. The van der Waals surface area contributed by atoms with Crippen molar-refractivity contribution in [3.05, 3.63) is 75.8 Å². The van der Waals surface area contributed by atoms with Gasteiger partial charge in [0.1, 0.15) is 30.5 Å². The first-order valence-corrected chi connectivity index (χ1v) is 11.4. The molecular weight excluding hydrogens is 446 g/mol. The Balaban J connectivity index is 1.39. The van der Waals surface area contributed by atoms with Crippen LogP contribution in [0.5, 0.6) is 11.5 Å². The van der Waals surface area contributed by atoms with Gasteiger partial charge in [0.2, 0.25) is 0 Å². The Hall–Kier alpha value is -3.03. The van der Waals surface area contributed by atoms with Crippen LogP contribution in [0, 0.1) is 5.41 Å². The number of thioether (sulfide) groups is 1. The number of amides is 1. The summed E-state index contributed by atoms with van der Waals surface area (Å²) in [5.41, 5.74) is 2.06. The molecule has 8 heteroatoms. The summed E-state index contributed by atoms with van der Waals surface area (Å²) in [6, 6.07) is 13.2. The molecule has 0 aromatic heterocycles. The van der Waals surface area contributed by atoms with Crippen LogP contribution in [0.1, 0.15) is 30.9 Å². The second-order valence-corrected chi connectivity index (χ2v) is 8.74. The van der Waals surface area contributed by atoms with Crippen LogP contribution in [0.3, 0.4) is 0 Å². The lowest BCUT2D eigenvalue weighted by Gasteiger charge is -2.22. The lowest BCUT2D eigenvalue weighted by Crippen LogP contribution is -2.35. The molecule has 6 nitrogen and oxygen atoms in total. The maximum absolute atomic E-state index is 12.3. The van der Waals surface area contributed by atoms with E-state index in [0.29, 0.717) is 40.6 Å².